The fourth-order valence-electron chi connectivity index (χ4n) is 2.80. The van der Waals surface area contributed by atoms with Gasteiger partial charge in [-0.1, -0.05) is 12.1 Å². The van der Waals surface area contributed by atoms with Crippen LogP contribution in [0.15, 0.2) is 55.1 Å². The minimum absolute atomic E-state index is 0.153. The van der Waals surface area contributed by atoms with Gasteiger partial charge >= 0.3 is 0 Å². The van der Waals surface area contributed by atoms with Gasteiger partial charge in [0.1, 0.15) is 24.2 Å². The van der Waals surface area contributed by atoms with E-state index in [2.05, 4.69) is 15.4 Å². The summed E-state index contributed by atoms with van der Waals surface area (Å²) < 4.78 is 12.4. The van der Waals surface area contributed by atoms with Crippen LogP contribution >= 0.6 is 0 Å². The summed E-state index contributed by atoms with van der Waals surface area (Å²) in [6.07, 6.45) is 3.15. The summed E-state index contributed by atoms with van der Waals surface area (Å²) in [5.41, 5.74) is 2.48. The molecule has 0 aliphatic rings. The maximum atomic E-state index is 12.6. The van der Waals surface area contributed by atoms with Crippen molar-refractivity contribution in [2.75, 3.05) is 14.2 Å². The summed E-state index contributed by atoms with van der Waals surface area (Å²) >= 11 is 0. The van der Waals surface area contributed by atoms with Crippen LogP contribution in [0.1, 0.15) is 34.5 Å². The number of amides is 1. The third-order valence-electron chi connectivity index (χ3n) is 4.28. The number of ether oxygens (including phenoxy) is 2. The molecule has 0 saturated carbocycles. The van der Waals surface area contributed by atoms with Gasteiger partial charge in [-0.15, -0.1) is 0 Å². The lowest BCUT2D eigenvalue weighted by Crippen LogP contribution is -2.27. The maximum Gasteiger partial charge on any atom is 0.251 e. The molecule has 0 fully saturated rings. The van der Waals surface area contributed by atoms with Crippen molar-refractivity contribution in [2.45, 2.75) is 19.5 Å². The number of nitrogens with one attached hydrogen (secondary N) is 1. The highest BCUT2D eigenvalue weighted by Gasteiger charge is 2.16. The number of hydrogen-bond acceptors (Lipinski definition) is 5. The molecule has 7 heteroatoms. The summed E-state index contributed by atoms with van der Waals surface area (Å²) in [6, 6.07) is 12.7. The first-order chi connectivity index (χ1) is 13.1. The molecule has 0 unspecified atom stereocenters. The average Bonchev–Trinajstić information content (AvgIpc) is 3.21. The molecule has 3 rings (SSSR count). The summed E-state index contributed by atoms with van der Waals surface area (Å²) in [7, 11) is 3.21. The molecule has 0 bridgehead atoms. The Morgan fingerprint density at radius 1 is 1.15 bits per heavy atom. The predicted octanol–water partition coefficient (Wildman–Crippen LogP) is 2.83. The molecule has 7 nitrogen and oxygen atoms in total. The van der Waals surface area contributed by atoms with Crippen LogP contribution in [0.2, 0.25) is 0 Å². The van der Waals surface area contributed by atoms with Gasteiger partial charge in [-0.25, -0.2) is 9.67 Å². The molecule has 0 saturated heterocycles. The van der Waals surface area contributed by atoms with E-state index >= 15 is 0 Å². The van der Waals surface area contributed by atoms with Crippen LogP contribution in [0.4, 0.5) is 0 Å². The molecule has 0 aliphatic carbocycles. The minimum Gasteiger partial charge on any atom is -0.497 e. The smallest absolute Gasteiger partial charge is 0.251 e. The second-order valence-electron chi connectivity index (χ2n) is 6.09. The largest absolute Gasteiger partial charge is 0.497 e. The zero-order chi connectivity index (χ0) is 19.2. The van der Waals surface area contributed by atoms with Crippen molar-refractivity contribution in [3.63, 3.8) is 0 Å². The Morgan fingerprint density at radius 3 is 2.56 bits per heavy atom. The van der Waals surface area contributed by atoms with Gasteiger partial charge in [0, 0.05) is 11.1 Å². The molecule has 1 atom stereocenters. The van der Waals surface area contributed by atoms with Gasteiger partial charge in [0.05, 0.1) is 26.8 Å². The molecule has 2 aromatic carbocycles. The van der Waals surface area contributed by atoms with Crippen LogP contribution in [-0.2, 0) is 6.54 Å². The van der Waals surface area contributed by atoms with Crippen LogP contribution in [0.5, 0.6) is 11.5 Å². The highest BCUT2D eigenvalue weighted by molar-refractivity contribution is 5.94. The van der Waals surface area contributed by atoms with Crippen molar-refractivity contribution in [1.29, 1.82) is 0 Å². The van der Waals surface area contributed by atoms with E-state index in [0.29, 0.717) is 23.6 Å². The van der Waals surface area contributed by atoms with E-state index in [-0.39, 0.29) is 11.9 Å². The lowest BCUT2D eigenvalue weighted by molar-refractivity contribution is 0.0939. The van der Waals surface area contributed by atoms with E-state index in [1.165, 1.54) is 6.33 Å². The van der Waals surface area contributed by atoms with Crippen LogP contribution in [0.3, 0.4) is 0 Å². The highest BCUT2D eigenvalue weighted by atomic mass is 16.5. The molecule has 0 aliphatic heterocycles. The Kier molecular flexibility index (Phi) is 5.71. The zero-order valence-electron chi connectivity index (χ0n) is 15.5. The Bertz CT molecular complexity index is 892. The molecule has 27 heavy (non-hydrogen) atoms. The van der Waals surface area contributed by atoms with Gasteiger partial charge < -0.3 is 14.8 Å². The molecule has 1 heterocycles. The van der Waals surface area contributed by atoms with Crippen LogP contribution in [0.25, 0.3) is 0 Å². The molecule has 140 valence electrons. The lowest BCUT2D eigenvalue weighted by atomic mass is 10.1. The number of aromatic nitrogens is 3. The van der Waals surface area contributed by atoms with Crippen LogP contribution in [-0.4, -0.2) is 34.9 Å². The number of carbonyl (C=O) groups excluding carboxylic acids is 1. The highest BCUT2D eigenvalue weighted by Crippen LogP contribution is 2.29. The Morgan fingerprint density at radius 2 is 1.93 bits per heavy atom. The Labute approximate surface area is 158 Å². The number of hydrogen-bond donors (Lipinski definition) is 1. The fourth-order valence-corrected chi connectivity index (χ4v) is 2.80. The van der Waals surface area contributed by atoms with Gasteiger partial charge in [0.15, 0.2) is 0 Å². The summed E-state index contributed by atoms with van der Waals surface area (Å²) in [6.45, 7) is 2.52. The van der Waals surface area contributed by atoms with Gasteiger partial charge in [0.25, 0.3) is 5.91 Å². The molecule has 0 radical (unpaired) electrons. The molecule has 0 spiro atoms. The van der Waals surface area contributed by atoms with Crippen molar-refractivity contribution >= 4 is 5.91 Å². The van der Waals surface area contributed by atoms with Crippen molar-refractivity contribution in [3.8, 4) is 11.5 Å². The molecular formula is C20H22N4O3. The zero-order valence-corrected chi connectivity index (χ0v) is 15.5. The maximum absolute atomic E-state index is 12.6. The summed E-state index contributed by atoms with van der Waals surface area (Å²) in [4.78, 5) is 16.5. The first-order valence-corrected chi connectivity index (χ1v) is 8.55. The second kappa shape index (κ2) is 8.35. The fraction of sp³-hybridized carbons (Fsp3) is 0.250. The molecule has 1 N–H and O–H groups in total. The Balaban J connectivity index is 1.69. The van der Waals surface area contributed by atoms with E-state index in [9.17, 15) is 4.79 Å². The first kappa shape index (κ1) is 18.4. The number of benzene rings is 2. The van der Waals surface area contributed by atoms with Gasteiger partial charge in [0.2, 0.25) is 0 Å². The number of carbonyl (C=O) groups is 1. The van der Waals surface area contributed by atoms with Gasteiger partial charge in [-0.2, -0.15) is 5.10 Å². The van der Waals surface area contributed by atoms with E-state index in [4.69, 9.17) is 9.47 Å². The predicted molar refractivity (Wildman–Crippen MR) is 101 cm³/mol. The number of rotatable bonds is 7. The number of nitrogens with zero attached hydrogens (tertiary/aromatic N) is 3. The van der Waals surface area contributed by atoms with E-state index < -0.39 is 0 Å². The summed E-state index contributed by atoms with van der Waals surface area (Å²) in [5.74, 6) is 1.26. The van der Waals surface area contributed by atoms with Gasteiger partial charge in [-0.05, 0) is 42.8 Å². The number of methoxy groups -OCH3 is 2. The van der Waals surface area contributed by atoms with Crippen molar-refractivity contribution in [2.24, 2.45) is 0 Å². The monoisotopic (exact) mass is 366 g/mol. The molecule has 3 aromatic rings. The molecular weight excluding hydrogens is 344 g/mol. The topological polar surface area (TPSA) is 78.3 Å². The van der Waals surface area contributed by atoms with Crippen molar-refractivity contribution < 1.29 is 14.3 Å². The molecule has 1 aromatic heterocycles. The normalized spacial score (nSPS) is 11.7. The third kappa shape index (κ3) is 4.44. The second-order valence-corrected chi connectivity index (χ2v) is 6.09. The standard InChI is InChI=1S/C20H22N4O3/c1-14(18-10-17(26-2)8-9-19(18)27-3)23-20(25)16-6-4-15(5-7-16)11-24-13-21-12-22-24/h4-10,12-14H,11H2,1-3H3,(H,23,25)/t14-/m1/s1. The van der Waals surface area contributed by atoms with E-state index in [0.717, 1.165) is 11.1 Å². The van der Waals surface area contributed by atoms with E-state index in [1.54, 1.807) is 37.4 Å². The van der Waals surface area contributed by atoms with E-state index in [1.807, 2.05) is 37.3 Å². The SMILES string of the molecule is COc1ccc(OC)c([C@@H](C)NC(=O)c2ccc(Cn3cncn3)cc2)c1. The third-order valence-corrected chi connectivity index (χ3v) is 4.28. The first-order valence-electron chi connectivity index (χ1n) is 8.55. The van der Waals surface area contributed by atoms with Crippen LogP contribution in [0, 0.1) is 0 Å². The lowest BCUT2D eigenvalue weighted by Gasteiger charge is -2.18. The quantitative estimate of drug-likeness (QED) is 0.696. The van der Waals surface area contributed by atoms with Crippen molar-refractivity contribution in [1.82, 2.24) is 20.1 Å². The van der Waals surface area contributed by atoms with Crippen LogP contribution < -0.4 is 14.8 Å². The molecule has 1 amide bonds. The minimum atomic E-state index is -0.239. The Hall–Kier alpha value is -3.35. The average molecular weight is 366 g/mol. The van der Waals surface area contributed by atoms with Gasteiger partial charge in [-0.3, -0.25) is 4.79 Å². The van der Waals surface area contributed by atoms with Crippen molar-refractivity contribution in [3.05, 3.63) is 71.8 Å². The summed E-state index contributed by atoms with van der Waals surface area (Å²) in [5, 5.41) is 7.08.